The first kappa shape index (κ1) is 16.0. The Hall–Kier alpha value is -1.35. The van der Waals surface area contributed by atoms with Crippen LogP contribution in [0, 0.1) is 12.7 Å². The monoisotopic (exact) mass is 349 g/mol. The van der Waals surface area contributed by atoms with Gasteiger partial charge in [0.25, 0.3) is 0 Å². The second-order valence-electron chi connectivity index (χ2n) is 5.28. The molecule has 0 aromatic heterocycles. The number of hydrogen-bond donors (Lipinski definition) is 1. The summed E-state index contributed by atoms with van der Waals surface area (Å²) >= 11 is 3.25. The average Bonchev–Trinajstić information content (AvgIpc) is 2.50. The van der Waals surface area contributed by atoms with Gasteiger partial charge in [-0.05, 0) is 64.5 Å². The van der Waals surface area contributed by atoms with E-state index < -0.39 is 0 Å². The van der Waals surface area contributed by atoms with Gasteiger partial charge < -0.3 is 5.32 Å². The molecule has 1 unspecified atom stereocenters. The molecular weight excluding hydrogens is 329 g/mol. The van der Waals surface area contributed by atoms with Crippen LogP contribution in [0.2, 0.25) is 0 Å². The van der Waals surface area contributed by atoms with E-state index >= 15 is 0 Å². The van der Waals surface area contributed by atoms with E-state index in [9.17, 15) is 4.39 Å². The van der Waals surface area contributed by atoms with Crippen LogP contribution in [0.25, 0.3) is 0 Å². The smallest absolute Gasteiger partial charge is 0.137 e. The summed E-state index contributed by atoms with van der Waals surface area (Å²) in [7, 11) is 0. The Balaban J connectivity index is 2.24. The first-order chi connectivity index (χ1) is 10.0. The van der Waals surface area contributed by atoms with Crippen LogP contribution in [-0.4, -0.2) is 0 Å². The van der Waals surface area contributed by atoms with Crippen LogP contribution in [0.15, 0.2) is 40.9 Å². The van der Waals surface area contributed by atoms with E-state index in [1.54, 1.807) is 6.07 Å². The number of halogens is 2. The Kier molecular flexibility index (Phi) is 5.40. The van der Waals surface area contributed by atoms with Crippen molar-refractivity contribution in [2.45, 2.75) is 39.7 Å². The normalized spacial score (nSPS) is 12.2. The molecule has 112 valence electrons. The minimum absolute atomic E-state index is 0.224. The molecule has 0 amide bonds. The van der Waals surface area contributed by atoms with E-state index in [1.165, 1.54) is 11.1 Å². The van der Waals surface area contributed by atoms with Crippen molar-refractivity contribution in [2.75, 3.05) is 5.32 Å². The van der Waals surface area contributed by atoms with E-state index in [0.29, 0.717) is 4.47 Å². The predicted octanol–water partition coefficient (Wildman–Crippen LogP) is 6.02. The molecule has 1 nitrogen and oxygen atoms in total. The van der Waals surface area contributed by atoms with Crippen LogP contribution in [-0.2, 0) is 6.42 Å². The lowest BCUT2D eigenvalue weighted by molar-refractivity contribution is 0.619. The van der Waals surface area contributed by atoms with Gasteiger partial charge in [0, 0.05) is 5.69 Å². The number of nitrogens with one attached hydrogen (secondary N) is 1. The zero-order valence-corrected chi connectivity index (χ0v) is 14.3. The molecule has 0 saturated carbocycles. The molecule has 0 aliphatic rings. The number of aryl methyl sites for hydroxylation is 2. The summed E-state index contributed by atoms with van der Waals surface area (Å²) in [5.41, 5.74) is 4.48. The minimum Gasteiger partial charge on any atom is -0.378 e. The fraction of sp³-hybridized carbons (Fsp3) is 0.333. The Morgan fingerprint density at radius 3 is 2.38 bits per heavy atom. The zero-order chi connectivity index (χ0) is 15.4. The van der Waals surface area contributed by atoms with Gasteiger partial charge in [0.1, 0.15) is 5.82 Å². The third kappa shape index (κ3) is 3.85. The highest BCUT2D eigenvalue weighted by Crippen LogP contribution is 2.29. The lowest BCUT2D eigenvalue weighted by Crippen LogP contribution is -2.11. The van der Waals surface area contributed by atoms with Crippen molar-refractivity contribution in [2.24, 2.45) is 0 Å². The minimum atomic E-state index is -0.224. The topological polar surface area (TPSA) is 12.0 Å². The van der Waals surface area contributed by atoms with Crippen LogP contribution in [0.5, 0.6) is 0 Å². The molecule has 2 rings (SSSR count). The fourth-order valence-corrected chi connectivity index (χ4v) is 2.74. The van der Waals surface area contributed by atoms with Crippen molar-refractivity contribution < 1.29 is 4.39 Å². The summed E-state index contributed by atoms with van der Waals surface area (Å²) in [4.78, 5) is 0. The highest BCUT2D eigenvalue weighted by molar-refractivity contribution is 9.10. The van der Waals surface area contributed by atoms with E-state index in [0.717, 1.165) is 24.1 Å². The van der Waals surface area contributed by atoms with E-state index in [2.05, 4.69) is 59.4 Å². The summed E-state index contributed by atoms with van der Waals surface area (Å²) in [5, 5.41) is 3.52. The number of rotatable bonds is 5. The zero-order valence-electron chi connectivity index (χ0n) is 12.7. The van der Waals surface area contributed by atoms with Gasteiger partial charge in [0.2, 0.25) is 0 Å². The average molecular weight is 350 g/mol. The molecule has 0 bridgehead atoms. The molecule has 21 heavy (non-hydrogen) atoms. The van der Waals surface area contributed by atoms with Crippen molar-refractivity contribution in [3.05, 3.63) is 63.4 Å². The van der Waals surface area contributed by atoms with Gasteiger partial charge in [-0.1, -0.05) is 38.1 Å². The van der Waals surface area contributed by atoms with Gasteiger partial charge in [-0.25, -0.2) is 4.39 Å². The number of hydrogen-bond acceptors (Lipinski definition) is 1. The largest absolute Gasteiger partial charge is 0.378 e. The van der Waals surface area contributed by atoms with Gasteiger partial charge in [-0.3, -0.25) is 0 Å². The Labute approximate surface area is 134 Å². The number of benzene rings is 2. The first-order valence-corrected chi connectivity index (χ1v) is 8.15. The summed E-state index contributed by atoms with van der Waals surface area (Å²) in [5.74, 6) is -0.224. The third-order valence-corrected chi connectivity index (χ3v) is 4.40. The molecule has 2 aromatic carbocycles. The van der Waals surface area contributed by atoms with Gasteiger partial charge >= 0.3 is 0 Å². The van der Waals surface area contributed by atoms with Crippen molar-refractivity contribution in [1.82, 2.24) is 0 Å². The fourth-order valence-electron chi connectivity index (χ4n) is 2.40. The lowest BCUT2D eigenvalue weighted by Gasteiger charge is -2.21. The predicted molar refractivity (Wildman–Crippen MR) is 91.3 cm³/mol. The number of anilines is 1. The van der Waals surface area contributed by atoms with E-state index in [4.69, 9.17) is 0 Å². The van der Waals surface area contributed by atoms with Gasteiger partial charge in [0.05, 0.1) is 10.5 Å². The molecule has 0 aliphatic carbocycles. The highest BCUT2D eigenvalue weighted by atomic mass is 79.9. The quantitative estimate of drug-likeness (QED) is 0.695. The Morgan fingerprint density at radius 2 is 1.81 bits per heavy atom. The summed E-state index contributed by atoms with van der Waals surface area (Å²) < 4.78 is 14.0. The molecule has 0 spiro atoms. The SMILES string of the molecule is CCc1ccc(C(CC)Nc2cc(Br)c(F)cc2C)cc1. The molecule has 0 fully saturated rings. The van der Waals surface area contributed by atoms with Gasteiger partial charge in [0.15, 0.2) is 0 Å². The molecule has 1 atom stereocenters. The van der Waals surface area contributed by atoms with Crippen molar-refractivity contribution in [3.8, 4) is 0 Å². The lowest BCUT2D eigenvalue weighted by atomic mass is 10.0. The first-order valence-electron chi connectivity index (χ1n) is 7.36. The molecule has 3 heteroatoms. The second kappa shape index (κ2) is 7.08. The Morgan fingerprint density at radius 1 is 1.14 bits per heavy atom. The molecule has 0 aliphatic heterocycles. The molecule has 0 saturated heterocycles. The maximum atomic E-state index is 13.5. The van der Waals surface area contributed by atoms with Crippen LogP contribution in [0.4, 0.5) is 10.1 Å². The van der Waals surface area contributed by atoms with E-state index in [1.807, 2.05) is 13.0 Å². The van der Waals surface area contributed by atoms with Crippen molar-refractivity contribution >= 4 is 21.6 Å². The maximum Gasteiger partial charge on any atom is 0.137 e. The van der Waals surface area contributed by atoms with Crippen molar-refractivity contribution in [1.29, 1.82) is 0 Å². The molecule has 1 N–H and O–H groups in total. The van der Waals surface area contributed by atoms with Crippen LogP contribution in [0.1, 0.15) is 43.0 Å². The second-order valence-corrected chi connectivity index (χ2v) is 6.14. The van der Waals surface area contributed by atoms with Crippen LogP contribution >= 0.6 is 15.9 Å². The highest BCUT2D eigenvalue weighted by Gasteiger charge is 2.12. The summed E-state index contributed by atoms with van der Waals surface area (Å²) in [6, 6.07) is 12.3. The summed E-state index contributed by atoms with van der Waals surface area (Å²) in [6.45, 7) is 6.23. The standard InChI is InChI=1S/C18H21BrFN/c1-4-13-6-8-14(9-7-13)17(5-2)21-18-11-15(19)16(20)10-12(18)3/h6-11,17,21H,4-5H2,1-3H3. The van der Waals surface area contributed by atoms with Crippen LogP contribution in [0.3, 0.4) is 0 Å². The molecule has 0 radical (unpaired) electrons. The van der Waals surface area contributed by atoms with Gasteiger partial charge in [-0.15, -0.1) is 0 Å². The van der Waals surface area contributed by atoms with Crippen LogP contribution < -0.4 is 5.32 Å². The van der Waals surface area contributed by atoms with E-state index in [-0.39, 0.29) is 11.9 Å². The van der Waals surface area contributed by atoms with Gasteiger partial charge in [-0.2, -0.15) is 0 Å². The molecular formula is C18H21BrFN. The summed E-state index contributed by atoms with van der Waals surface area (Å²) in [6.07, 6.45) is 2.02. The maximum absolute atomic E-state index is 13.5. The Bertz CT molecular complexity index is 607. The van der Waals surface area contributed by atoms with Crippen molar-refractivity contribution in [3.63, 3.8) is 0 Å². The molecule has 0 heterocycles. The molecule has 2 aromatic rings. The third-order valence-electron chi connectivity index (χ3n) is 3.80.